The highest BCUT2D eigenvalue weighted by Crippen LogP contribution is 2.22. The number of aryl methyl sites for hydroxylation is 1. The number of carboxylic acids is 1. The number of fused-ring (bicyclic) bond motifs is 1. The average Bonchev–Trinajstić information content (AvgIpc) is 2.73. The molecule has 0 saturated carbocycles. The minimum atomic E-state index is -0.959. The minimum Gasteiger partial charge on any atom is -0.481 e. The van der Waals surface area contributed by atoms with Gasteiger partial charge in [0.25, 0.3) is 0 Å². The lowest BCUT2D eigenvalue weighted by Gasteiger charge is -2.04. The van der Waals surface area contributed by atoms with E-state index in [1.165, 1.54) is 0 Å². The molecule has 106 valence electrons. The van der Waals surface area contributed by atoms with Crippen molar-refractivity contribution in [3.8, 4) is 0 Å². The number of ketones is 1. The van der Waals surface area contributed by atoms with Crippen LogP contribution in [0.4, 0.5) is 0 Å². The summed E-state index contributed by atoms with van der Waals surface area (Å²) in [6.07, 6.45) is -0.124. The molecule has 0 spiro atoms. The lowest BCUT2D eigenvalue weighted by molar-refractivity contribution is -0.136. The summed E-state index contributed by atoms with van der Waals surface area (Å²) in [7, 11) is 1.95. The van der Waals surface area contributed by atoms with Crippen molar-refractivity contribution in [2.75, 3.05) is 0 Å². The average molecular weight is 274 g/mol. The Morgan fingerprint density at radius 2 is 2.00 bits per heavy atom. The Morgan fingerprint density at radius 3 is 2.60 bits per heavy atom. The molecule has 2 aromatic rings. The molecule has 1 heterocycles. The van der Waals surface area contributed by atoms with Crippen molar-refractivity contribution in [1.82, 2.24) is 9.55 Å². The van der Waals surface area contributed by atoms with Crippen LogP contribution >= 0.6 is 0 Å². The molecule has 1 aromatic carbocycles. The minimum absolute atomic E-state index is 0.0186. The summed E-state index contributed by atoms with van der Waals surface area (Å²) < 4.78 is 2.02. The summed E-state index contributed by atoms with van der Waals surface area (Å²) in [4.78, 5) is 27.0. The van der Waals surface area contributed by atoms with Gasteiger partial charge in [-0.15, -0.1) is 0 Å². The second-order valence-corrected chi connectivity index (χ2v) is 5.20. The van der Waals surface area contributed by atoms with Crippen LogP contribution in [0.5, 0.6) is 0 Å². The van der Waals surface area contributed by atoms with Crippen molar-refractivity contribution in [3.63, 3.8) is 0 Å². The van der Waals surface area contributed by atoms with Crippen LogP contribution in [0.15, 0.2) is 18.2 Å². The quantitative estimate of drug-likeness (QED) is 0.851. The van der Waals surface area contributed by atoms with Crippen molar-refractivity contribution in [3.05, 3.63) is 29.6 Å². The molecule has 0 bridgehead atoms. The summed E-state index contributed by atoms with van der Waals surface area (Å²) in [5.41, 5.74) is 2.27. The Kier molecular flexibility index (Phi) is 3.88. The van der Waals surface area contributed by atoms with Gasteiger partial charge in [0.05, 0.1) is 17.5 Å². The fourth-order valence-corrected chi connectivity index (χ4v) is 2.27. The van der Waals surface area contributed by atoms with Gasteiger partial charge in [-0.3, -0.25) is 9.59 Å². The van der Waals surface area contributed by atoms with Gasteiger partial charge in [0, 0.05) is 24.9 Å². The molecular weight excluding hydrogens is 256 g/mol. The molecule has 0 aliphatic carbocycles. The van der Waals surface area contributed by atoms with Gasteiger partial charge in [0.1, 0.15) is 5.82 Å². The maximum absolute atomic E-state index is 11.9. The molecule has 1 N–H and O–H groups in total. The smallest absolute Gasteiger partial charge is 0.303 e. The third-order valence-electron chi connectivity index (χ3n) is 3.32. The van der Waals surface area contributed by atoms with E-state index in [0.717, 1.165) is 16.9 Å². The molecule has 0 aliphatic heterocycles. The predicted molar refractivity (Wildman–Crippen MR) is 76.0 cm³/mol. The largest absolute Gasteiger partial charge is 0.481 e. The van der Waals surface area contributed by atoms with Crippen LogP contribution in [0.3, 0.4) is 0 Å². The number of carbonyl (C=O) groups excluding carboxylic acids is 1. The first kappa shape index (κ1) is 14.2. The van der Waals surface area contributed by atoms with Crippen LogP contribution in [0.1, 0.15) is 48.8 Å². The zero-order chi connectivity index (χ0) is 14.9. The van der Waals surface area contributed by atoms with Crippen molar-refractivity contribution < 1.29 is 14.7 Å². The standard InChI is InChI=1S/C15H18N2O3/c1-9(2)15-16-11-8-10(4-5-12(11)17(15)3)13(18)6-7-14(19)20/h4-5,8-9H,6-7H2,1-3H3,(H,19,20). The van der Waals surface area contributed by atoms with Gasteiger partial charge in [-0.05, 0) is 18.2 Å². The third kappa shape index (κ3) is 2.71. The molecule has 5 nitrogen and oxygen atoms in total. The first-order chi connectivity index (χ1) is 9.40. The van der Waals surface area contributed by atoms with E-state index in [1.807, 2.05) is 17.7 Å². The van der Waals surface area contributed by atoms with E-state index in [4.69, 9.17) is 5.11 Å². The molecule has 0 radical (unpaired) electrons. The Hall–Kier alpha value is -2.17. The van der Waals surface area contributed by atoms with Crippen LogP contribution in [-0.4, -0.2) is 26.4 Å². The van der Waals surface area contributed by atoms with Gasteiger partial charge in [0.2, 0.25) is 0 Å². The number of carboxylic acid groups (broad SMARTS) is 1. The summed E-state index contributed by atoms with van der Waals surface area (Å²) in [5, 5.41) is 8.61. The first-order valence-electron chi connectivity index (χ1n) is 6.61. The molecule has 0 amide bonds. The molecule has 0 unspecified atom stereocenters. The van der Waals surface area contributed by atoms with Gasteiger partial charge in [-0.2, -0.15) is 0 Å². The van der Waals surface area contributed by atoms with Gasteiger partial charge in [0.15, 0.2) is 5.78 Å². The number of benzene rings is 1. The van der Waals surface area contributed by atoms with Crippen molar-refractivity contribution in [2.24, 2.45) is 7.05 Å². The Balaban J connectivity index is 2.34. The lowest BCUT2D eigenvalue weighted by atomic mass is 10.1. The Morgan fingerprint density at radius 1 is 1.30 bits per heavy atom. The molecule has 20 heavy (non-hydrogen) atoms. The number of rotatable bonds is 5. The van der Waals surface area contributed by atoms with Gasteiger partial charge >= 0.3 is 5.97 Å². The highest BCUT2D eigenvalue weighted by molar-refractivity contribution is 6.00. The normalized spacial score (nSPS) is 11.2. The molecule has 0 aliphatic rings. The number of aromatic nitrogens is 2. The highest BCUT2D eigenvalue weighted by Gasteiger charge is 2.14. The monoisotopic (exact) mass is 274 g/mol. The molecule has 1 aromatic heterocycles. The van der Waals surface area contributed by atoms with Crippen LogP contribution in [0.25, 0.3) is 11.0 Å². The van der Waals surface area contributed by atoms with E-state index >= 15 is 0 Å². The van der Waals surface area contributed by atoms with Crippen LogP contribution in [0.2, 0.25) is 0 Å². The van der Waals surface area contributed by atoms with Crippen LogP contribution in [0, 0.1) is 0 Å². The molecular formula is C15H18N2O3. The van der Waals surface area contributed by atoms with Gasteiger partial charge in [-0.25, -0.2) is 4.98 Å². The Bertz CT molecular complexity index is 671. The van der Waals surface area contributed by atoms with Crippen LogP contribution in [-0.2, 0) is 11.8 Å². The molecule has 2 rings (SSSR count). The zero-order valence-corrected chi connectivity index (χ0v) is 11.9. The van der Waals surface area contributed by atoms with Gasteiger partial charge in [-0.1, -0.05) is 13.8 Å². The lowest BCUT2D eigenvalue weighted by Crippen LogP contribution is -2.03. The molecule has 0 saturated heterocycles. The SMILES string of the molecule is CC(C)c1nc2cc(C(=O)CCC(=O)O)ccc2n1C. The Labute approximate surface area is 117 Å². The van der Waals surface area contributed by atoms with E-state index < -0.39 is 5.97 Å². The van der Waals surface area contributed by atoms with Crippen molar-refractivity contribution in [2.45, 2.75) is 32.6 Å². The number of aliphatic carboxylic acids is 1. The first-order valence-corrected chi connectivity index (χ1v) is 6.61. The van der Waals surface area contributed by atoms with Crippen molar-refractivity contribution in [1.29, 1.82) is 0 Å². The molecule has 5 heteroatoms. The second kappa shape index (κ2) is 5.45. The van der Waals surface area contributed by atoms with E-state index in [9.17, 15) is 9.59 Å². The molecule has 0 fully saturated rings. The van der Waals surface area contributed by atoms with E-state index in [1.54, 1.807) is 12.1 Å². The summed E-state index contributed by atoms with van der Waals surface area (Å²) in [6.45, 7) is 4.14. The maximum atomic E-state index is 11.9. The number of imidazole rings is 1. The highest BCUT2D eigenvalue weighted by atomic mass is 16.4. The summed E-state index contributed by atoms with van der Waals surface area (Å²) >= 11 is 0. The fourth-order valence-electron chi connectivity index (χ4n) is 2.27. The third-order valence-corrected chi connectivity index (χ3v) is 3.32. The summed E-state index contributed by atoms with van der Waals surface area (Å²) in [5.74, 6) is 0.152. The number of hydrogen-bond donors (Lipinski definition) is 1. The van der Waals surface area contributed by atoms with E-state index in [-0.39, 0.29) is 18.6 Å². The zero-order valence-electron chi connectivity index (χ0n) is 11.9. The maximum Gasteiger partial charge on any atom is 0.303 e. The van der Waals surface area contributed by atoms with Gasteiger partial charge < -0.3 is 9.67 Å². The van der Waals surface area contributed by atoms with E-state index in [2.05, 4.69) is 18.8 Å². The second-order valence-electron chi connectivity index (χ2n) is 5.20. The van der Waals surface area contributed by atoms with Crippen LogP contribution < -0.4 is 0 Å². The predicted octanol–water partition coefficient (Wildman–Crippen LogP) is 2.74. The number of carbonyl (C=O) groups is 2. The topological polar surface area (TPSA) is 72.2 Å². The number of nitrogens with zero attached hydrogens (tertiary/aromatic N) is 2. The number of Topliss-reactive ketones (excluding diaryl/α,β-unsaturated/α-hetero) is 1. The van der Waals surface area contributed by atoms with E-state index in [0.29, 0.717) is 11.5 Å². The summed E-state index contributed by atoms with van der Waals surface area (Å²) in [6, 6.07) is 5.34. The fraction of sp³-hybridized carbons (Fsp3) is 0.400. The molecule has 0 atom stereocenters. The number of hydrogen-bond acceptors (Lipinski definition) is 3. The van der Waals surface area contributed by atoms with Crippen molar-refractivity contribution >= 4 is 22.8 Å².